The first-order chi connectivity index (χ1) is 17.0. The largest absolute Gasteiger partial charge is 0.497 e. The second-order valence-corrected chi connectivity index (χ2v) is 9.81. The molecule has 0 saturated carbocycles. The number of carbonyl (C=O) groups is 1. The minimum absolute atomic E-state index is 0.152. The fourth-order valence-electron chi connectivity index (χ4n) is 5.45. The van der Waals surface area contributed by atoms with Crippen molar-refractivity contribution in [3.8, 4) is 17.2 Å². The van der Waals surface area contributed by atoms with Gasteiger partial charge in [-0.3, -0.25) is 9.69 Å². The van der Waals surface area contributed by atoms with E-state index in [1.165, 1.54) is 11.1 Å². The Balaban J connectivity index is 1.59. The third kappa shape index (κ3) is 5.75. The first-order valence-corrected chi connectivity index (χ1v) is 13.1. The zero-order valence-electron chi connectivity index (χ0n) is 21.7. The summed E-state index contributed by atoms with van der Waals surface area (Å²) in [4.78, 5) is 18.0. The average Bonchev–Trinajstić information content (AvgIpc) is 3.47. The SMILES string of the molecule is CCCCN(CCCC)C(=O)CN1C[C@H](c2ccc3c(c2)OCO3)[C@H](C)[C@H]1c1ccc(OC)cc1. The number of hydrogen-bond donors (Lipinski definition) is 0. The third-order valence-corrected chi connectivity index (χ3v) is 7.49. The Labute approximate surface area is 210 Å². The van der Waals surface area contributed by atoms with Crippen molar-refractivity contribution in [3.63, 3.8) is 0 Å². The van der Waals surface area contributed by atoms with Gasteiger partial charge in [0.25, 0.3) is 0 Å². The number of amides is 1. The Morgan fingerprint density at radius 3 is 2.31 bits per heavy atom. The zero-order chi connectivity index (χ0) is 24.8. The van der Waals surface area contributed by atoms with Crippen molar-refractivity contribution >= 4 is 5.91 Å². The van der Waals surface area contributed by atoms with Crippen LogP contribution in [0.5, 0.6) is 17.2 Å². The highest BCUT2D eigenvalue weighted by Gasteiger charge is 2.42. The summed E-state index contributed by atoms with van der Waals surface area (Å²) in [5.74, 6) is 3.33. The standard InChI is InChI=1S/C29H40N2O4/c1-5-7-15-30(16-8-6-2)28(32)19-31-18-25(23-11-14-26-27(17-23)35-20-34-26)21(3)29(31)22-9-12-24(33-4)13-10-22/h9-14,17,21,25,29H,5-8,15-16,18-20H2,1-4H3/t21-,25-,29-/m0/s1. The smallest absolute Gasteiger partial charge is 0.236 e. The maximum absolute atomic E-state index is 13.5. The van der Waals surface area contributed by atoms with E-state index in [-0.39, 0.29) is 18.7 Å². The van der Waals surface area contributed by atoms with Gasteiger partial charge in [0.1, 0.15) is 5.75 Å². The monoisotopic (exact) mass is 480 g/mol. The lowest BCUT2D eigenvalue weighted by molar-refractivity contribution is -0.133. The number of hydrogen-bond acceptors (Lipinski definition) is 5. The highest BCUT2D eigenvalue weighted by atomic mass is 16.7. The summed E-state index contributed by atoms with van der Waals surface area (Å²) in [6, 6.07) is 14.8. The Hall–Kier alpha value is -2.73. The lowest BCUT2D eigenvalue weighted by Crippen LogP contribution is -2.41. The summed E-state index contributed by atoms with van der Waals surface area (Å²) in [5.41, 5.74) is 2.46. The van der Waals surface area contributed by atoms with Crippen LogP contribution in [0.3, 0.4) is 0 Å². The predicted molar refractivity (Wildman–Crippen MR) is 138 cm³/mol. The van der Waals surface area contributed by atoms with Crippen molar-refractivity contribution in [1.82, 2.24) is 9.80 Å². The molecule has 6 nitrogen and oxygen atoms in total. The molecule has 0 aromatic heterocycles. The Kier molecular flexibility index (Phi) is 8.55. The van der Waals surface area contributed by atoms with E-state index in [1.54, 1.807) is 7.11 Å². The maximum atomic E-state index is 13.5. The molecule has 2 aliphatic heterocycles. The Bertz CT molecular complexity index is 969. The van der Waals surface area contributed by atoms with Crippen molar-refractivity contribution in [3.05, 3.63) is 53.6 Å². The van der Waals surface area contributed by atoms with Crippen LogP contribution in [0, 0.1) is 5.92 Å². The number of likely N-dealkylation sites (tertiary alicyclic amines) is 1. The number of rotatable bonds is 11. The fraction of sp³-hybridized carbons (Fsp3) is 0.552. The van der Waals surface area contributed by atoms with Crippen LogP contribution in [0.25, 0.3) is 0 Å². The van der Waals surface area contributed by atoms with Gasteiger partial charge in [0.2, 0.25) is 12.7 Å². The third-order valence-electron chi connectivity index (χ3n) is 7.49. The quantitative estimate of drug-likeness (QED) is 0.417. The van der Waals surface area contributed by atoms with Gasteiger partial charge in [-0.05, 0) is 54.2 Å². The molecule has 2 heterocycles. The number of unbranched alkanes of at least 4 members (excludes halogenated alkanes) is 2. The van der Waals surface area contributed by atoms with E-state index in [4.69, 9.17) is 14.2 Å². The molecule has 190 valence electrons. The average molecular weight is 481 g/mol. The van der Waals surface area contributed by atoms with Crippen LogP contribution >= 0.6 is 0 Å². The number of fused-ring (bicyclic) bond motifs is 1. The second kappa shape index (κ2) is 11.8. The van der Waals surface area contributed by atoms with E-state index in [0.717, 1.165) is 62.6 Å². The summed E-state index contributed by atoms with van der Waals surface area (Å²) in [6.07, 6.45) is 4.29. The van der Waals surface area contributed by atoms with Gasteiger partial charge in [-0.15, -0.1) is 0 Å². The molecule has 3 atom stereocenters. The van der Waals surface area contributed by atoms with Crippen molar-refractivity contribution < 1.29 is 19.0 Å². The van der Waals surface area contributed by atoms with Crippen LogP contribution in [0.1, 0.15) is 69.5 Å². The molecule has 0 radical (unpaired) electrons. The highest BCUT2D eigenvalue weighted by molar-refractivity contribution is 5.78. The van der Waals surface area contributed by atoms with E-state index in [2.05, 4.69) is 54.8 Å². The summed E-state index contributed by atoms with van der Waals surface area (Å²) in [6.45, 7) is 9.91. The van der Waals surface area contributed by atoms with E-state index in [9.17, 15) is 4.79 Å². The normalized spacial score (nSPS) is 21.3. The fourth-order valence-corrected chi connectivity index (χ4v) is 5.45. The predicted octanol–water partition coefficient (Wildman–Crippen LogP) is 5.63. The van der Waals surface area contributed by atoms with Crippen LogP contribution < -0.4 is 14.2 Å². The zero-order valence-corrected chi connectivity index (χ0v) is 21.7. The molecule has 0 bridgehead atoms. The van der Waals surface area contributed by atoms with Crippen molar-refractivity contribution in [2.75, 3.05) is 40.1 Å². The summed E-state index contributed by atoms with van der Waals surface area (Å²) >= 11 is 0. The minimum Gasteiger partial charge on any atom is -0.497 e. The molecule has 1 fully saturated rings. The van der Waals surface area contributed by atoms with Gasteiger partial charge in [-0.25, -0.2) is 0 Å². The van der Waals surface area contributed by atoms with Crippen molar-refractivity contribution in [1.29, 1.82) is 0 Å². The van der Waals surface area contributed by atoms with E-state index >= 15 is 0 Å². The second-order valence-electron chi connectivity index (χ2n) is 9.81. The van der Waals surface area contributed by atoms with E-state index < -0.39 is 0 Å². The number of carbonyl (C=O) groups excluding carboxylic acids is 1. The lowest BCUT2D eigenvalue weighted by Gasteiger charge is -2.30. The topological polar surface area (TPSA) is 51.2 Å². The van der Waals surface area contributed by atoms with Crippen LogP contribution in [0.15, 0.2) is 42.5 Å². The van der Waals surface area contributed by atoms with Crippen LogP contribution in [0.2, 0.25) is 0 Å². The van der Waals surface area contributed by atoms with Crippen LogP contribution in [-0.2, 0) is 4.79 Å². The number of ether oxygens (including phenoxy) is 3. The van der Waals surface area contributed by atoms with Gasteiger partial charge in [0, 0.05) is 31.6 Å². The molecule has 0 N–H and O–H groups in total. The Morgan fingerprint density at radius 1 is 1.00 bits per heavy atom. The van der Waals surface area contributed by atoms with E-state index in [1.807, 2.05) is 18.2 Å². The number of nitrogens with zero attached hydrogens (tertiary/aromatic N) is 2. The number of methoxy groups -OCH3 is 1. The first kappa shape index (κ1) is 25.4. The first-order valence-electron chi connectivity index (χ1n) is 13.1. The molecule has 1 saturated heterocycles. The molecule has 2 aromatic rings. The maximum Gasteiger partial charge on any atom is 0.236 e. The summed E-state index contributed by atoms with van der Waals surface area (Å²) in [7, 11) is 1.69. The van der Waals surface area contributed by atoms with Gasteiger partial charge in [-0.2, -0.15) is 0 Å². The molecule has 1 amide bonds. The van der Waals surface area contributed by atoms with Gasteiger partial charge >= 0.3 is 0 Å². The molecule has 0 aliphatic carbocycles. The van der Waals surface area contributed by atoms with Gasteiger partial charge in [-0.1, -0.05) is 51.8 Å². The highest BCUT2D eigenvalue weighted by Crippen LogP contribution is 2.47. The van der Waals surface area contributed by atoms with Crippen molar-refractivity contribution in [2.45, 2.75) is 58.4 Å². The van der Waals surface area contributed by atoms with Crippen LogP contribution in [0.4, 0.5) is 0 Å². The minimum atomic E-state index is 0.152. The molecule has 2 aromatic carbocycles. The van der Waals surface area contributed by atoms with E-state index in [0.29, 0.717) is 18.4 Å². The molecular formula is C29H40N2O4. The molecule has 0 unspecified atom stereocenters. The molecule has 2 aliphatic rings. The molecule has 0 spiro atoms. The van der Waals surface area contributed by atoms with Gasteiger partial charge in [0.05, 0.1) is 13.7 Å². The Morgan fingerprint density at radius 2 is 1.66 bits per heavy atom. The molecule has 4 rings (SSSR count). The summed E-state index contributed by atoms with van der Waals surface area (Å²) in [5, 5.41) is 0. The molecule has 6 heteroatoms. The lowest BCUT2D eigenvalue weighted by atomic mass is 9.84. The number of benzene rings is 2. The molecular weight excluding hydrogens is 440 g/mol. The van der Waals surface area contributed by atoms with Crippen molar-refractivity contribution in [2.24, 2.45) is 5.92 Å². The van der Waals surface area contributed by atoms with Gasteiger partial charge in [0.15, 0.2) is 11.5 Å². The molecule has 35 heavy (non-hydrogen) atoms. The van der Waals surface area contributed by atoms with Crippen LogP contribution in [-0.4, -0.2) is 55.8 Å². The van der Waals surface area contributed by atoms with Gasteiger partial charge < -0.3 is 19.1 Å². The summed E-state index contributed by atoms with van der Waals surface area (Å²) < 4.78 is 16.6.